The summed E-state index contributed by atoms with van der Waals surface area (Å²) >= 11 is 0. The highest BCUT2D eigenvalue weighted by molar-refractivity contribution is 5.92. The molecule has 0 fully saturated rings. The fourth-order valence-electron chi connectivity index (χ4n) is 2.36. The largest absolute Gasteiger partial charge is 0.399 e. The van der Waals surface area contributed by atoms with Crippen LogP contribution in [0.3, 0.4) is 0 Å². The summed E-state index contributed by atoms with van der Waals surface area (Å²) < 4.78 is 0. The van der Waals surface area contributed by atoms with E-state index in [0.717, 1.165) is 22.4 Å². The van der Waals surface area contributed by atoms with Crippen molar-refractivity contribution in [1.29, 1.82) is 0 Å². The van der Waals surface area contributed by atoms with Gasteiger partial charge in [0, 0.05) is 16.8 Å². The normalized spacial score (nSPS) is 10.7. The first-order valence-electron chi connectivity index (χ1n) is 6.47. The molecule has 3 N–H and O–H groups in total. The van der Waals surface area contributed by atoms with Crippen LogP contribution in [0.2, 0.25) is 0 Å². The molecule has 0 atom stereocenters. The van der Waals surface area contributed by atoms with E-state index in [1.165, 1.54) is 11.1 Å². The van der Waals surface area contributed by atoms with E-state index >= 15 is 0 Å². The number of benzene rings is 2. The molecule has 100 valence electrons. The molecule has 0 bridgehead atoms. The number of hydrogen-bond donors (Lipinski definition) is 2. The number of nitrogen functional groups attached to an aromatic ring is 1. The summed E-state index contributed by atoms with van der Waals surface area (Å²) in [5.41, 5.74) is 10.9. The lowest BCUT2D eigenvalue weighted by Crippen LogP contribution is -1.97. The molecule has 3 rings (SSSR count). The van der Waals surface area contributed by atoms with Crippen LogP contribution in [0.1, 0.15) is 11.1 Å². The number of nitrogens with one attached hydrogen (secondary N) is 1. The predicted molar refractivity (Wildman–Crippen MR) is 83.1 cm³/mol. The molecule has 1 aromatic heterocycles. The Kier molecular flexibility index (Phi) is 2.99. The van der Waals surface area contributed by atoms with Gasteiger partial charge in [0.2, 0.25) is 0 Å². The van der Waals surface area contributed by atoms with Gasteiger partial charge in [-0.05, 0) is 55.3 Å². The number of aryl methyl sites for hydroxylation is 2. The third-order valence-electron chi connectivity index (χ3n) is 3.14. The number of nitrogens with two attached hydrogens (primary N) is 1. The maximum Gasteiger partial charge on any atom is 0.141 e. The summed E-state index contributed by atoms with van der Waals surface area (Å²) in [5, 5.41) is 4.27. The fraction of sp³-hybridized carbons (Fsp3) is 0.125. The fourth-order valence-corrected chi connectivity index (χ4v) is 2.36. The van der Waals surface area contributed by atoms with Gasteiger partial charge in [0.25, 0.3) is 0 Å². The van der Waals surface area contributed by atoms with Crippen LogP contribution in [0, 0.1) is 13.8 Å². The molecule has 4 nitrogen and oxygen atoms in total. The minimum Gasteiger partial charge on any atom is -0.399 e. The van der Waals surface area contributed by atoms with Crippen LogP contribution in [0.15, 0.2) is 42.7 Å². The molecule has 0 radical (unpaired) electrons. The topological polar surface area (TPSA) is 63.8 Å². The number of anilines is 3. The van der Waals surface area contributed by atoms with Gasteiger partial charge in [-0.3, -0.25) is 0 Å². The van der Waals surface area contributed by atoms with E-state index in [0.29, 0.717) is 5.69 Å². The minimum atomic E-state index is 0.704. The van der Waals surface area contributed by atoms with E-state index in [1.807, 2.05) is 18.2 Å². The lowest BCUT2D eigenvalue weighted by atomic mass is 10.1. The first-order chi connectivity index (χ1) is 9.61. The van der Waals surface area contributed by atoms with Gasteiger partial charge in [-0.15, -0.1) is 0 Å². The first kappa shape index (κ1) is 12.4. The maximum absolute atomic E-state index is 5.85. The molecule has 0 spiro atoms. The molecule has 2 aromatic carbocycles. The van der Waals surface area contributed by atoms with Crippen molar-refractivity contribution in [3.8, 4) is 0 Å². The molecular formula is C16H16N4. The van der Waals surface area contributed by atoms with Gasteiger partial charge in [0.15, 0.2) is 0 Å². The van der Waals surface area contributed by atoms with Crippen molar-refractivity contribution >= 4 is 28.1 Å². The van der Waals surface area contributed by atoms with Crippen molar-refractivity contribution in [1.82, 2.24) is 9.97 Å². The molecule has 20 heavy (non-hydrogen) atoms. The zero-order valence-electron chi connectivity index (χ0n) is 11.5. The summed E-state index contributed by atoms with van der Waals surface area (Å²) in [5.74, 6) is 0.771. The smallest absolute Gasteiger partial charge is 0.141 e. The van der Waals surface area contributed by atoms with Gasteiger partial charge in [0.05, 0.1) is 5.52 Å². The highest BCUT2D eigenvalue weighted by Crippen LogP contribution is 2.25. The number of nitrogens with zero attached hydrogens (tertiary/aromatic N) is 2. The van der Waals surface area contributed by atoms with Gasteiger partial charge in [-0.25, -0.2) is 9.97 Å². The van der Waals surface area contributed by atoms with E-state index in [2.05, 4.69) is 47.3 Å². The molecule has 0 aliphatic carbocycles. The lowest BCUT2D eigenvalue weighted by molar-refractivity contribution is 1.22. The summed E-state index contributed by atoms with van der Waals surface area (Å²) in [6.45, 7) is 4.16. The summed E-state index contributed by atoms with van der Waals surface area (Å²) in [6.07, 6.45) is 1.56. The SMILES string of the molecule is Cc1cc(C)cc(Nc2ncnc3ccc(N)cc23)c1. The van der Waals surface area contributed by atoms with Crippen molar-refractivity contribution in [3.05, 3.63) is 53.9 Å². The van der Waals surface area contributed by atoms with Crippen molar-refractivity contribution in [2.75, 3.05) is 11.1 Å². The number of aromatic nitrogens is 2. The van der Waals surface area contributed by atoms with E-state index in [-0.39, 0.29) is 0 Å². The van der Waals surface area contributed by atoms with E-state index in [9.17, 15) is 0 Å². The van der Waals surface area contributed by atoms with Crippen LogP contribution in [0.4, 0.5) is 17.2 Å². The Hall–Kier alpha value is -2.62. The van der Waals surface area contributed by atoms with Crippen molar-refractivity contribution in [3.63, 3.8) is 0 Å². The molecule has 0 unspecified atom stereocenters. The lowest BCUT2D eigenvalue weighted by Gasteiger charge is -2.10. The van der Waals surface area contributed by atoms with Crippen LogP contribution < -0.4 is 11.1 Å². The Morgan fingerprint density at radius 2 is 1.70 bits per heavy atom. The Morgan fingerprint density at radius 1 is 0.950 bits per heavy atom. The molecule has 0 aliphatic heterocycles. The third-order valence-corrected chi connectivity index (χ3v) is 3.14. The number of fused-ring (bicyclic) bond motifs is 1. The van der Waals surface area contributed by atoms with Crippen LogP contribution in [0.5, 0.6) is 0 Å². The first-order valence-corrected chi connectivity index (χ1v) is 6.47. The molecule has 0 amide bonds. The number of hydrogen-bond acceptors (Lipinski definition) is 4. The van der Waals surface area contributed by atoms with Crippen molar-refractivity contribution in [2.24, 2.45) is 0 Å². The second-order valence-electron chi connectivity index (χ2n) is 5.00. The van der Waals surface area contributed by atoms with Crippen LogP contribution in [-0.4, -0.2) is 9.97 Å². The Labute approximate surface area is 117 Å². The zero-order chi connectivity index (χ0) is 14.1. The van der Waals surface area contributed by atoms with Crippen LogP contribution in [-0.2, 0) is 0 Å². The molecular weight excluding hydrogens is 248 g/mol. The minimum absolute atomic E-state index is 0.704. The van der Waals surface area contributed by atoms with E-state index in [1.54, 1.807) is 6.33 Å². The molecule has 1 heterocycles. The summed E-state index contributed by atoms with van der Waals surface area (Å²) in [4.78, 5) is 8.58. The zero-order valence-corrected chi connectivity index (χ0v) is 11.5. The molecule has 0 aliphatic rings. The van der Waals surface area contributed by atoms with Crippen molar-refractivity contribution in [2.45, 2.75) is 13.8 Å². The molecule has 0 saturated heterocycles. The Bertz CT molecular complexity index is 760. The summed E-state index contributed by atoms with van der Waals surface area (Å²) in [6, 6.07) is 12.0. The quantitative estimate of drug-likeness (QED) is 0.694. The number of rotatable bonds is 2. The van der Waals surface area contributed by atoms with Gasteiger partial charge in [-0.1, -0.05) is 6.07 Å². The molecule has 0 saturated carbocycles. The van der Waals surface area contributed by atoms with Gasteiger partial charge >= 0.3 is 0 Å². The Morgan fingerprint density at radius 3 is 2.45 bits per heavy atom. The highest BCUT2D eigenvalue weighted by atomic mass is 15.0. The Balaban J connectivity index is 2.08. The predicted octanol–water partition coefficient (Wildman–Crippen LogP) is 3.57. The monoisotopic (exact) mass is 264 g/mol. The van der Waals surface area contributed by atoms with Gasteiger partial charge in [-0.2, -0.15) is 0 Å². The maximum atomic E-state index is 5.85. The van der Waals surface area contributed by atoms with E-state index < -0.39 is 0 Å². The van der Waals surface area contributed by atoms with Gasteiger partial charge < -0.3 is 11.1 Å². The van der Waals surface area contributed by atoms with E-state index in [4.69, 9.17) is 5.73 Å². The molecule has 4 heteroatoms. The second kappa shape index (κ2) is 4.81. The van der Waals surface area contributed by atoms with Crippen LogP contribution in [0.25, 0.3) is 10.9 Å². The van der Waals surface area contributed by atoms with Gasteiger partial charge in [0.1, 0.15) is 12.1 Å². The average molecular weight is 264 g/mol. The highest BCUT2D eigenvalue weighted by Gasteiger charge is 2.05. The van der Waals surface area contributed by atoms with Crippen molar-refractivity contribution < 1.29 is 0 Å². The second-order valence-corrected chi connectivity index (χ2v) is 5.00. The third kappa shape index (κ3) is 2.40. The molecule has 3 aromatic rings. The van der Waals surface area contributed by atoms with Crippen LogP contribution >= 0.6 is 0 Å². The standard InChI is InChI=1S/C16H16N4/c1-10-5-11(2)7-13(6-10)20-16-14-8-12(17)3-4-15(14)18-9-19-16/h3-9H,17H2,1-2H3,(H,18,19,20). The average Bonchev–Trinajstić information content (AvgIpc) is 2.38. The summed E-state index contributed by atoms with van der Waals surface area (Å²) in [7, 11) is 0.